The molecule has 2 aromatic heterocycles. The molecule has 0 saturated heterocycles. The maximum atomic E-state index is 12.5. The molecule has 1 unspecified atom stereocenters. The Morgan fingerprint density at radius 2 is 2.08 bits per heavy atom. The van der Waals surface area contributed by atoms with Gasteiger partial charge in [-0.05, 0) is 25.0 Å². The standard InChI is InChI=1S/C17H17N5O2/c23-16(14-7-5-11-3-1-2-4-13(11)19-14)18-12-6-8-15-20-21-17(24)22(15)10-9-12/h1-5,7,12H,6,8-10H2,(H,18,23)(H,21,24). The largest absolute Gasteiger partial charge is 0.348 e. The van der Waals surface area contributed by atoms with Gasteiger partial charge in [0, 0.05) is 24.4 Å². The molecule has 0 aliphatic carbocycles. The van der Waals surface area contributed by atoms with Gasteiger partial charge in [0.15, 0.2) is 0 Å². The lowest BCUT2D eigenvalue weighted by molar-refractivity contribution is 0.0928. The fourth-order valence-corrected chi connectivity index (χ4v) is 3.10. The molecule has 24 heavy (non-hydrogen) atoms. The number of carbonyl (C=O) groups is 1. The number of aromatic amines is 1. The summed E-state index contributed by atoms with van der Waals surface area (Å²) in [5.41, 5.74) is 1.03. The van der Waals surface area contributed by atoms with Gasteiger partial charge in [0.25, 0.3) is 5.91 Å². The summed E-state index contributed by atoms with van der Waals surface area (Å²) in [7, 11) is 0. The van der Waals surface area contributed by atoms with Crippen LogP contribution in [0, 0.1) is 0 Å². The lowest BCUT2D eigenvalue weighted by Gasteiger charge is -2.15. The van der Waals surface area contributed by atoms with Gasteiger partial charge >= 0.3 is 5.69 Å². The Kier molecular flexibility index (Phi) is 3.60. The molecule has 3 aromatic rings. The van der Waals surface area contributed by atoms with E-state index in [0.29, 0.717) is 25.1 Å². The molecule has 1 aromatic carbocycles. The van der Waals surface area contributed by atoms with Crippen molar-refractivity contribution in [3.8, 4) is 0 Å². The number of carbonyl (C=O) groups excluding carboxylic acids is 1. The lowest BCUT2D eigenvalue weighted by Crippen LogP contribution is -2.36. The molecule has 1 aliphatic heterocycles. The van der Waals surface area contributed by atoms with Crippen LogP contribution in [-0.2, 0) is 13.0 Å². The van der Waals surface area contributed by atoms with Crippen molar-refractivity contribution in [2.24, 2.45) is 0 Å². The minimum Gasteiger partial charge on any atom is -0.348 e. The number of hydrogen-bond donors (Lipinski definition) is 2. The highest BCUT2D eigenvalue weighted by Gasteiger charge is 2.21. The average molecular weight is 323 g/mol. The predicted octanol–water partition coefficient (Wildman–Crippen LogP) is 1.25. The molecule has 1 aliphatic rings. The third-order valence-corrected chi connectivity index (χ3v) is 4.42. The first-order valence-electron chi connectivity index (χ1n) is 8.01. The maximum absolute atomic E-state index is 12.5. The van der Waals surface area contributed by atoms with Gasteiger partial charge in [0.05, 0.1) is 5.52 Å². The smallest absolute Gasteiger partial charge is 0.343 e. The van der Waals surface area contributed by atoms with E-state index in [1.165, 1.54) is 0 Å². The molecular formula is C17H17N5O2. The summed E-state index contributed by atoms with van der Waals surface area (Å²) in [4.78, 5) is 28.5. The molecule has 1 atom stereocenters. The van der Waals surface area contributed by atoms with Crippen molar-refractivity contribution in [3.05, 3.63) is 58.4 Å². The topological polar surface area (TPSA) is 92.7 Å². The van der Waals surface area contributed by atoms with E-state index in [1.54, 1.807) is 10.6 Å². The summed E-state index contributed by atoms with van der Waals surface area (Å²) in [6.45, 7) is 0.556. The minimum absolute atomic E-state index is 0.00636. The Morgan fingerprint density at radius 3 is 3.00 bits per heavy atom. The summed E-state index contributed by atoms with van der Waals surface area (Å²) >= 11 is 0. The fraction of sp³-hybridized carbons (Fsp3) is 0.294. The van der Waals surface area contributed by atoms with Crippen LogP contribution in [0.5, 0.6) is 0 Å². The van der Waals surface area contributed by atoms with Gasteiger partial charge < -0.3 is 5.32 Å². The molecular weight excluding hydrogens is 306 g/mol. The van der Waals surface area contributed by atoms with E-state index in [0.717, 1.165) is 23.1 Å². The van der Waals surface area contributed by atoms with Crippen molar-refractivity contribution >= 4 is 16.8 Å². The third-order valence-electron chi connectivity index (χ3n) is 4.42. The van der Waals surface area contributed by atoms with Crippen LogP contribution in [0.25, 0.3) is 10.9 Å². The quantitative estimate of drug-likeness (QED) is 0.742. The summed E-state index contributed by atoms with van der Waals surface area (Å²) in [5.74, 6) is 0.569. The predicted molar refractivity (Wildman–Crippen MR) is 88.8 cm³/mol. The SMILES string of the molecule is O=C(NC1CCc2n[nH]c(=O)n2CC1)c1ccc2ccccc2n1. The first-order chi connectivity index (χ1) is 11.7. The van der Waals surface area contributed by atoms with Crippen LogP contribution in [0.15, 0.2) is 41.2 Å². The molecule has 0 bridgehead atoms. The number of aryl methyl sites for hydroxylation is 1. The van der Waals surface area contributed by atoms with Gasteiger partial charge in [0.2, 0.25) is 0 Å². The second-order valence-electron chi connectivity index (χ2n) is 5.98. The van der Waals surface area contributed by atoms with Crippen molar-refractivity contribution in [2.45, 2.75) is 31.8 Å². The normalized spacial score (nSPS) is 17.2. The number of rotatable bonds is 2. The van der Waals surface area contributed by atoms with Gasteiger partial charge in [-0.15, -0.1) is 0 Å². The van der Waals surface area contributed by atoms with E-state index in [4.69, 9.17) is 0 Å². The molecule has 0 spiro atoms. The number of para-hydroxylation sites is 1. The van der Waals surface area contributed by atoms with Crippen LogP contribution < -0.4 is 11.0 Å². The van der Waals surface area contributed by atoms with Gasteiger partial charge in [0.1, 0.15) is 11.5 Å². The van der Waals surface area contributed by atoms with E-state index in [-0.39, 0.29) is 17.6 Å². The molecule has 1 amide bonds. The fourth-order valence-electron chi connectivity index (χ4n) is 3.10. The first-order valence-corrected chi connectivity index (χ1v) is 8.01. The zero-order chi connectivity index (χ0) is 16.5. The molecule has 2 N–H and O–H groups in total. The van der Waals surface area contributed by atoms with Crippen LogP contribution in [-0.4, -0.2) is 31.7 Å². The van der Waals surface area contributed by atoms with Crippen molar-refractivity contribution < 1.29 is 4.79 Å². The lowest BCUT2D eigenvalue weighted by atomic mass is 10.1. The summed E-state index contributed by atoms with van der Waals surface area (Å²) in [5, 5.41) is 10.5. The summed E-state index contributed by atoms with van der Waals surface area (Å²) < 4.78 is 1.64. The Labute approximate surface area is 137 Å². The van der Waals surface area contributed by atoms with Gasteiger partial charge in [-0.25, -0.2) is 14.9 Å². The number of hydrogen-bond acceptors (Lipinski definition) is 4. The number of nitrogens with one attached hydrogen (secondary N) is 2. The van der Waals surface area contributed by atoms with Crippen molar-refractivity contribution in [1.82, 2.24) is 25.1 Å². The summed E-state index contributed by atoms with van der Waals surface area (Å²) in [6, 6.07) is 11.4. The Morgan fingerprint density at radius 1 is 1.21 bits per heavy atom. The number of fused-ring (bicyclic) bond motifs is 2. The highest BCUT2D eigenvalue weighted by atomic mass is 16.2. The molecule has 3 heterocycles. The number of H-pyrrole nitrogens is 1. The van der Waals surface area contributed by atoms with Crippen LogP contribution in [0.2, 0.25) is 0 Å². The van der Waals surface area contributed by atoms with Crippen LogP contribution in [0.3, 0.4) is 0 Å². The monoisotopic (exact) mass is 323 g/mol. The van der Waals surface area contributed by atoms with Crippen molar-refractivity contribution in [1.29, 1.82) is 0 Å². The highest BCUT2D eigenvalue weighted by Crippen LogP contribution is 2.14. The second kappa shape index (κ2) is 5.92. The molecule has 0 fully saturated rings. The van der Waals surface area contributed by atoms with Gasteiger partial charge in [-0.1, -0.05) is 24.3 Å². The van der Waals surface area contributed by atoms with E-state index in [1.807, 2.05) is 30.3 Å². The average Bonchev–Trinajstić information content (AvgIpc) is 2.84. The van der Waals surface area contributed by atoms with Gasteiger partial charge in [-0.3, -0.25) is 9.36 Å². The Hall–Kier alpha value is -2.96. The van der Waals surface area contributed by atoms with E-state index < -0.39 is 0 Å². The van der Waals surface area contributed by atoms with E-state index in [2.05, 4.69) is 20.5 Å². The molecule has 4 rings (SSSR count). The van der Waals surface area contributed by atoms with Crippen molar-refractivity contribution in [3.63, 3.8) is 0 Å². The van der Waals surface area contributed by atoms with Crippen LogP contribution >= 0.6 is 0 Å². The Balaban J connectivity index is 1.48. The molecule has 122 valence electrons. The number of amides is 1. The second-order valence-corrected chi connectivity index (χ2v) is 5.98. The van der Waals surface area contributed by atoms with Crippen LogP contribution in [0.4, 0.5) is 0 Å². The van der Waals surface area contributed by atoms with E-state index >= 15 is 0 Å². The minimum atomic E-state index is -0.187. The first kappa shape index (κ1) is 14.6. The number of aromatic nitrogens is 4. The number of nitrogens with zero attached hydrogens (tertiary/aromatic N) is 3. The van der Waals surface area contributed by atoms with Crippen LogP contribution in [0.1, 0.15) is 29.2 Å². The molecule has 7 heteroatoms. The molecule has 0 radical (unpaired) electrons. The summed E-state index contributed by atoms with van der Waals surface area (Å²) in [6.07, 6.45) is 2.12. The highest BCUT2D eigenvalue weighted by molar-refractivity contribution is 5.95. The zero-order valence-corrected chi connectivity index (χ0v) is 13.0. The third kappa shape index (κ3) is 2.68. The van der Waals surface area contributed by atoms with E-state index in [9.17, 15) is 9.59 Å². The Bertz CT molecular complexity index is 959. The number of pyridine rings is 1. The van der Waals surface area contributed by atoms with Crippen molar-refractivity contribution in [2.75, 3.05) is 0 Å². The van der Waals surface area contributed by atoms with Gasteiger partial charge in [-0.2, -0.15) is 5.10 Å². The zero-order valence-electron chi connectivity index (χ0n) is 13.0. The molecule has 0 saturated carbocycles. The molecule has 7 nitrogen and oxygen atoms in total. The maximum Gasteiger partial charge on any atom is 0.343 e. The number of benzene rings is 1.